The Morgan fingerprint density at radius 2 is 1.62 bits per heavy atom. The first-order chi connectivity index (χ1) is 6.19. The second-order valence-corrected chi connectivity index (χ2v) is 4.63. The van der Waals surface area contributed by atoms with Gasteiger partial charge in [-0.25, -0.2) is 0 Å². The Morgan fingerprint density at radius 1 is 1.00 bits per heavy atom. The zero-order valence-corrected chi connectivity index (χ0v) is 10.1. The number of thioether (sulfide) groups is 2. The van der Waals surface area contributed by atoms with E-state index in [0.29, 0.717) is 0 Å². The van der Waals surface area contributed by atoms with Gasteiger partial charge in [0.2, 0.25) is 0 Å². The SMILES string of the molecule is CSc1ccc(N(C)C)cc1SC. The van der Waals surface area contributed by atoms with Crippen LogP contribution in [0.25, 0.3) is 0 Å². The van der Waals surface area contributed by atoms with Gasteiger partial charge in [0.05, 0.1) is 0 Å². The van der Waals surface area contributed by atoms with E-state index >= 15 is 0 Å². The van der Waals surface area contributed by atoms with Gasteiger partial charge in [0.25, 0.3) is 0 Å². The quantitative estimate of drug-likeness (QED) is 0.710. The summed E-state index contributed by atoms with van der Waals surface area (Å²) in [6.07, 6.45) is 4.24. The molecule has 0 aliphatic carbocycles. The number of rotatable bonds is 3. The molecule has 1 aromatic carbocycles. The maximum absolute atomic E-state index is 2.23. The summed E-state index contributed by atoms with van der Waals surface area (Å²) in [5, 5.41) is 0. The average molecular weight is 213 g/mol. The number of hydrogen-bond donors (Lipinski definition) is 0. The number of nitrogens with zero attached hydrogens (tertiary/aromatic N) is 1. The molecule has 1 aromatic rings. The molecule has 0 spiro atoms. The largest absolute Gasteiger partial charge is 0.378 e. The van der Waals surface area contributed by atoms with Gasteiger partial charge in [-0.15, -0.1) is 23.5 Å². The molecular weight excluding hydrogens is 198 g/mol. The van der Waals surface area contributed by atoms with Crippen molar-refractivity contribution in [2.24, 2.45) is 0 Å². The molecule has 0 saturated heterocycles. The van der Waals surface area contributed by atoms with E-state index < -0.39 is 0 Å². The maximum Gasteiger partial charge on any atom is 0.0373 e. The van der Waals surface area contributed by atoms with Crippen molar-refractivity contribution in [1.29, 1.82) is 0 Å². The fourth-order valence-electron chi connectivity index (χ4n) is 1.10. The van der Waals surface area contributed by atoms with Crippen molar-refractivity contribution in [2.75, 3.05) is 31.5 Å². The summed E-state index contributed by atoms with van der Waals surface area (Å²) in [5.74, 6) is 0. The molecule has 1 nitrogen and oxygen atoms in total. The Balaban J connectivity index is 3.05. The lowest BCUT2D eigenvalue weighted by atomic mass is 10.3. The van der Waals surface area contributed by atoms with Gasteiger partial charge in [0.15, 0.2) is 0 Å². The van der Waals surface area contributed by atoms with Crippen LogP contribution in [-0.4, -0.2) is 26.6 Å². The van der Waals surface area contributed by atoms with Gasteiger partial charge in [-0.05, 0) is 30.7 Å². The van der Waals surface area contributed by atoms with Gasteiger partial charge < -0.3 is 4.90 Å². The number of benzene rings is 1. The Bertz CT molecular complexity index is 284. The summed E-state index contributed by atoms with van der Waals surface area (Å²) in [6.45, 7) is 0. The highest BCUT2D eigenvalue weighted by molar-refractivity contribution is 8.01. The van der Waals surface area contributed by atoms with Crippen LogP contribution in [0.1, 0.15) is 0 Å². The van der Waals surface area contributed by atoms with Crippen molar-refractivity contribution in [3.8, 4) is 0 Å². The third-order valence-electron chi connectivity index (χ3n) is 1.88. The van der Waals surface area contributed by atoms with Crippen LogP contribution in [0.3, 0.4) is 0 Å². The number of hydrogen-bond acceptors (Lipinski definition) is 3. The van der Waals surface area contributed by atoms with Gasteiger partial charge in [-0.1, -0.05) is 0 Å². The Labute approximate surface area is 88.9 Å². The zero-order valence-electron chi connectivity index (χ0n) is 8.50. The van der Waals surface area contributed by atoms with E-state index in [1.165, 1.54) is 15.5 Å². The first-order valence-corrected chi connectivity index (χ1v) is 6.53. The predicted octanol–water partition coefficient (Wildman–Crippen LogP) is 3.20. The van der Waals surface area contributed by atoms with Crippen molar-refractivity contribution in [2.45, 2.75) is 9.79 Å². The molecule has 0 unspecified atom stereocenters. The van der Waals surface area contributed by atoms with E-state index in [1.54, 1.807) is 23.5 Å². The van der Waals surface area contributed by atoms with Crippen molar-refractivity contribution in [3.05, 3.63) is 18.2 Å². The lowest BCUT2D eigenvalue weighted by Gasteiger charge is -2.14. The highest BCUT2D eigenvalue weighted by Gasteiger charge is 2.02. The third-order valence-corrected chi connectivity index (χ3v) is 3.59. The second-order valence-electron chi connectivity index (χ2n) is 2.93. The standard InChI is InChI=1S/C10H15NS2/c1-11(2)8-5-6-9(12-3)10(7-8)13-4/h5-7H,1-4H3. The zero-order chi connectivity index (χ0) is 9.84. The van der Waals surface area contributed by atoms with Gasteiger partial charge in [-0.2, -0.15) is 0 Å². The van der Waals surface area contributed by atoms with Gasteiger partial charge >= 0.3 is 0 Å². The Hall–Kier alpha value is -0.280. The first kappa shape index (κ1) is 10.8. The molecule has 72 valence electrons. The van der Waals surface area contributed by atoms with Crippen LogP contribution in [0, 0.1) is 0 Å². The van der Waals surface area contributed by atoms with Crippen molar-refractivity contribution in [1.82, 2.24) is 0 Å². The molecule has 0 fully saturated rings. The van der Waals surface area contributed by atoms with E-state index in [0.717, 1.165) is 0 Å². The molecule has 0 radical (unpaired) electrons. The molecule has 0 bridgehead atoms. The van der Waals surface area contributed by atoms with Crippen LogP contribution < -0.4 is 4.90 Å². The molecule has 0 heterocycles. The van der Waals surface area contributed by atoms with E-state index in [4.69, 9.17) is 0 Å². The molecule has 0 saturated carbocycles. The van der Waals surface area contributed by atoms with E-state index in [2.05, 4.69) is 49.7 Å². The molecule has 0 aliphatic heterocycles. The van der Waals surface area contributed by atoms with E-state index in [-0.39, 0.29) is 0 Å². The molecule has 0 amide bonds. The molecule has 0 N–H and O–H groups in total. The van der Waals surface area contributed by atoms with Crippen LogP contribution >= 0.6 is 23.5 Å². The van der Waals surface area contributed by atoms with Crippen molar-refractivity contribution >= 4 is 29.2 Å². The normalized spacial score (nSPS) is 10.2. The lowest BCUT2D eigenvalue weighted by Crippen LogP contribution is -2.08. The van der Waals surface area contributed by atoms with Crippen LogP contribution in [0.4, 0.5) is 5.69 Å². The third kappa shape index (κ3) is 2.58. The minimum absolute atomic E-state index is 1.27. The first-order valence-electron chi connectivity index (χ1n) is 4.08. The van der Waals surface area contributed by atoms with E-state index in [1.807, 2.05) is 0 Å². The molecular formula is C10H15NS2. The maximum atomic E-state index is 2.23. The van der Waals surface area contributed by atoms with Crippen molar-refractivity contribution < 1.29 is 0 Å². The Kier molecular flexibility index (Phi) is 4.00. The summed E-state index contributed by atoms with van der Waals surface area (Å²) < 4.78 is 0. The summed E-state index contributed by atoms with van der Waals surface area (Å²) in [7, 11) is 4.14. The minimum atomic E-state index is 1.27. The van der Waals surface area contributed by atoms with Crippen molar-refractivity contribution in [3.63, 3.8) is 0 Å². The second kappa shape index (κ2) is 4.82. The van der Waals surface area contributed by atoms with Gasteiger partial charge in [0.1, 0.15) is 0 Å². The fourth-order valence-corrected chi connectivity index (χ4v) is 2.58. The minimum Gasteiger partial charge on any atom is -0.378 e. The summed E-state index contributed by atoms with van der Waals surface area (Å²) in [4.78, 5) is 4.85. The molecule has 0 aliphatic rings. The smallest absolute Gasteiger partial charge is 0.0373 e. The Morgan fingerprint density at radius 3 is 2.08 bits per heavy atom. The highest BCUT2D eigenvalue weighted by Crippen LogP contribution is 2.31. The highest BCUT2D eigenvalue weighted by atomic mass is 32.2. The monoisotopic (exact) mass is 213 g/mol. The van der Waals surface area contributed by atoms with Crippen LogP contribution in [0.15, 0.2) is 28.0 Å². The van der Waals surface area contributed by atoms with Crippen LogP contribution in [0.5, 0.6) is 0 Å². The molecule has 0 aromatic heterocycles. The van der Waals surface area contributed by atoms with E-state index in [9.17, 15) is 0 Å². The molecule has 3 heteroatoms. The predicted molar refractivity (Wildman–Crippen MR) is 64.3 cm³/mol. The summed E-state index contributed by atoms with van der Waals surface area (Å²) in [5.41, 5.74) is 1.27. The summed E-state index contributed by atoms with van der Waals surface area (Å²) >= 11 is 3.61. The van der Waals surface area contributed by atoms with Crippen LogP contribution in [0.2, 0.25) is 0 Å². The average Bonchev–Trinajstić information content (AvgIpc) is 2.16. The fraction of sp³-hybridized carbons (Fsp3) is 0.400. The molecule has 1 rings (SSSR count). The molecule has 13 heavy (non-hydrogen) atoms. The van der Waals surface area contributed by atoms with Gasteiger partial charge in [-0.3, -0.25) is 0 Å². The number of anilines is 1. The summed E-state index contributed by atoms with van der Waals surface area (Å²) in [6, 6.07) is 6.58. The van der Waals surface area contributed by atoms with Gasteiger partial charge in [0, 0.05) is 29.6 Å². The topological polar surface area (TPSA) is 3.24 Å². The lowest BCUT2D eigenvalue weighted by molar-refractivity contribution is 1.10. The van der Waals surface area contributed by atoms with Crippen LogP contribution in [-0.2, 0) is 0 Å². The molecule has 0 atom stereocenters.